The van der Waals surface area contributed by atoms with Crippen molar-refractivity contribution < 1.29 is 9.90 Å². The van der Waals surface area contributed by atoms with E-state index < -0.39 is 5.97 Å². The lowest BCUT2D eigenvalue weighted by atomic mass is 10.1. The molecule has 0 aliphatic carbocycles. The minimum absolute atomic E-state index is 0.355. The van der Waals surface area contributed by atoms with Crippen LogP contribution in [0.25, 0.3) is 10.9 Å². The Morgan fingerprint density at radius 3 is 2.65 bits per heavy atom. The van der Waals surface area contributed by atoms with Gasteiger partial charge in [-0.2, -0.15) is 0 Å². The van der Waals surface area contributed by atoms with Gasteiger partial charge in [-0.3, -0.25) is 0 Å². The highest BCUT2D eigenvalue weighted by Gasteiger charge is 2.12. The first kappa shape index (κ1) is 11.7. The van der Waals surface area contributed by atoms with Gasteiger partial charge in [0.15, 0.2) is 0 Å². The summed E-state index contributed by atoms with van der Waals surface area (Å²) in [6, 6.07) is 5.73. The Labute approximate surface area is 101 Å². The minimum Gasteiger partial charge on any atom is -0.478 e. The van der Waals surface area contributed by atoms with Crippen molar-refractivity contribution in [3.05, 3.63) is 35.5 Å². The Morgan fingerprint density at radius 1 is 1.41 bits per heavy atom. The molecule has 0 amide bonds. The predicted molar refractivity (Wildman–Crippen MR) is 68.7 cm³/mol. The molecule has 1 heterocycles. The first-order chi connectivity index (χ1) is 8.04. The van der Waals surface area contributed by atoms with E-state index in [2.05, 4.69) is 31.5 Å². The summed E-state index contributed by atoms with van der Waals surface area (Å²) in [6.07, 6.45) is 3.04. The zero-order valence-electron chi connectivity index (χ0n) is 10.4. The van der Waals surface area contributed by atoms with Crippen LogP contribution in [-0.2, 0) is 6.42 Å². The molecule has 0 saturated heterocycles. The number of hydrogen-bond acceptors (Lipinski definition) is 1. The predicted octanol–water partition coefficient (Wildman–Crippen LogP) is 3.48. The van der Waals surface area contributed by atoms with E-state index in [0.717, 1.165) is 17.3 Å². The second kappa shape index (κ2) is 4.24. The van der Waals surface area contributed by atoms with Crippen molar-refractivity contribution in [2.45, 2.75) is 33.2 Å². The Balaban J connectivity index is 2.72. The molecule has 2 aromatic rings. The second-order valence-electron chi connectivity index (χ2n) is 4.55. The van der Waals surface area contributed by atoms with E-state index >= 15 is 0 Å². The lowest BCUT2D eigenvalue weighted by molar-refractivity contribution is 0.0697. The largest absolute Gasteiger partial charge is 0.478 e. The van der Waals surface area contributed by atoms with Gasteiger partial charge in [-0.1, -0.05) is 6.92 Å². The molecule has 17 heavy (non-hydrogen) atoms. The molecule has 1 aromatic heterocycles. The van der Waals surface area contributed by atoms with Crippen molar-refractivity contribution in [1.29, 1.82) is 0 Å². The highest BCUT2D eigenvalue weighted by atomic mass is 16.4. The third kappa shape index (κ3) is 1.93. The summed E-state index contributed by atoms with van der Waals surface area (Å²) in [5.74, 6) is -0.869. The fraction of sp³-hybridized carbons (Fsp3) is 0.357. The molecule has 0 radical (unpaired) electrons. The Morgan fingerprint density at radius 2 is 2.12 bits per heavy atom. The van der Waals surface area contributed by atoms with E-state index in [4.69, 9.17) is 5.11 Å². The maximum atomic E-state index is 11.0. The monoisotopic (exact) mass is 231 g/mol. The lowest BCUT2D eigenvalue weighted by Crippen LogP contribution is -1.99. The standard InChI is InChI=1S/C14H17NO2/c1-4-10-8-15(9(2)3)13-6-5-11(14(16)17)7-12(10)13/h5-9H,4H2,1-3H3,(H,16,17). The number of aromatic carboxylic acids is 1. The Kier molecular flexibility index (Phi) is 2.92. The second-order valence-corrected chi connectivity index (χ2v) is 4.55. The van der Waals surface area contributed by atoms with Crippen molar-refractivity contribution in [3.63, 3.8) is 0 Å². The molecule has 0 atom stereocenters. The van der Waals surface area contributed by atoms with Gasteiger partial charge in [0.2, 0.25) is 0 Å². The molecule has 1 N–H and O–H groups in total. The Bertz CT molecular complexity index is 567. The van der Waals surface area contributed by atoms with E-state index in [1.165, 1.54) is 5.56 Å². The van der Waals surface area contributed by atoms with Crippen LogP contribution >= 0.6 is 0 Å². The van der Waals surface area contributed by atoms with Gasteiger partial charge in [0.05, 0.1) is 5.56 Å². The molecule has 0 bridgehead atoms. The number of carbonyl (C=O) groups is 1. The van der Waals surface area contributed by atoms with Gasteiger partial charge >= 0.3 is 5.97 Å². The quantitative estimate of drug-likeness (QED) is 0.878. The molecule has 0 unspecified atom stereocenters. The normalized spacial score (nSPS) is 11.3. The van der Waals surface area contributed by atoms with Gasteiger partial charge in [0.25, 0.3) is 0 Å². The van der Waals surface area contributed by atoms with Crippen LogP contribution in [0.4, 0.5) is 0 Å². The van der Waals surface area contributed by atoms with Gasteiger partial charge in [-0.05, 0) is 44.0 Å². The van der Waals surface area contributed by atoms with E-state index in [1.54, 1.807) is 12.1 Å². The minimum atomic E-state index is -0.869. The number of nitrogens with zero attached hydrogens (tertiary/aromatic N) is 1. The van der Waals surface area contributed by atoms with Crippen LogP contribution < -0.4 is 0 Å². The van der Waals surface area contributed by atoms with Gasteiger partial charge in [-0.15, -0.1) is 0 Å². The molecule has 3 nitrogen and oxygen atoms in total. The topological polar surface area (TPSA) is 42.2 Å². The van der Waals surface area contributed by atoms with Crippen LogP contribution in [-0.4, -0.2) is 15.6 Å². The molecule has 0 aliphatic rings. The average molecular weight is 231 g/mol. The van der Waals surface area contributed by atoms with Crippen LogP contribution in [0.1, 0.15) is 42.7 Å². The van der Waals surface area contributed by atoms with Crippen LogP contribution in [0.5, 0.6) is 0 Å². The maximum absolute atomic E-state index is 11.0. The fourth-order valence-electron chi connectivity index (χ4n) is 2.17. The maximum Gasteiger partial charge on any atom is 0.335 e. The van der Waals surface area contributed by atoms with Gasteiger partial charge < -0.3 is 9.67 Å². The molecule has 1 aromatic carbocycles. The number of rotatable bonds is 3. The molecule has 3 heteroatoms. The van der Waals surface area contributed by atoms with Crippen molar-refractivity contribution in [2.24, 2.45) is 0 Å². The van der Waals surface area contributed by atoms with E-state index in [9.17, 15) is 4.79 Å². The number of aromatic nitrogens is 1. The molecule has 0 aliphatic heterocycles. The number of fused-ring (bicyclic) bond motifs is 1. The molecular formula is C14H17NO2. The van der Waals surface area contributed by atoms with Crippen LogP contribution in [0.2, 0.25) is 0 Å². The van der Waals surface area contributed by atoms with Crippen LogP contribution in [0, 0.1) is 0 Å². The lowest BCUT2D eigenvalue weighted by Gasteiger charge is -2.08. The van der Waals surface area contributed by atoms with Crippen LogP contribution in [0.15, 0.2) is 24.4 Å². The molecule has 90 valence electrons. The number of hydrogen-bond donors (Lipinski definition) is 1. The van der Waals surface area contributed by atoms with Gasteiger partial charge in [-0.25, -0.2) is 4.79 Å². The number of benzene rings is 1. The van der Waals surface area contributed by atoms with Gasteiger partial charge in [0, 0.05) is 23.1 Å². The summed E-state index contributed by atoms with van der Waals surface area (Å²) in [6.45, 7) is 6.35. The van der Waals surface area contributed by atoms with Gasteiger partial charge in [0.1, 0.15) is 0 Å². The average Bonchev–Trinajstić information content (AvgIpc) is 2.66. The summed E-state index contributed by atoms with van der Waals surface area (Å²) < 4.78 is 2.19. The number of carboxylic acids is 1. The van der Waals surface area contributed by atoms with E-state index in [1.807, 2.05) is 6.07 Å². The first-order valence-corrected chi connectivity index (χ1v) is 5.91. The third-order valence-electron chi connectivity index (χ3n) is 3.10. The SMILES string of the molecule is CCc1cn(C(C)C)c2ccc(C(=O)O)cc12. The smallest absolute Gasteiger partial charge is 0.335 e. The van der Waals surface area contributed by atoms with E-state index in [0.29, 0.717) is 11.6 Å². The molecule has 0 spiro atoms. The zero-order valence-corrected chi connectivity index (χ0v) is 10.4. The third-order valence-corrected chi connectivity index (χ3v) is 3.10. The zero-order chi connectivity index (χ0) is 12.6. The summed E-state index contributed by atoms with van der Waals surface area (Å²) in [7, 11) is 0. The van der Waals surface area contributed by atoms with Crippen molar-refractivity contribution in [1.82, 2.24) is 4.57 Å². The van der Waals surface area contributed by atoms with Crippen molar-refractivity contribution in [2.75, 3.05) is 0 Å². The van der Waals surface area contributed by atoms with Crippen molar-refractivity contribution >= 4 is 16.9 Å². The van der Waals surface area contributed by atoms with Crippen molar-refractivity contribution in [3.8, 4) is 0 Å². The van der Waals surface area contributed by atoms with E-state index in [-0.39, 0.29) is 0 Å². The number of carboxylic acid groups (broad SMARTS) is 1. The summed E-state index contributed by atoms with van der Waals surface area (Å²) in [5.41, 5.74) is 2.67. The summed E-state index contributed by atoms with van der Waals surface area (Å²) in [4.78, 5) is 11.0. The first-order valence-electron chi connectivity index (χ1n) is 5.91. The molecule has 0 saturated carbocycles. The van der Waals surface area contributed by atoms with Crippen LogP contribution in [0.3, 0.4) is 0 Å². The summed E-state index contributed by atoms with van der Waals surface area (Å²) in [5, 5.41) is 10.1. The summed E-state index contributed by atoms with van der Waals surface area (Å²) >= 11 is 0. The Hall–Kier alpha value is -1.77. The highest BCUT2D eigenvalue weighted by Crippen LogP contribution is 2.26. The molecular weight excluding hydrogens is 214 g/mol. The molecule has 2 rings (SSSR count). The number of aryl methyl sites for hydroxylation is 1. The highest BCUT2D eigenvalue weighted by molar-refractivity contribution is 5.95. The fourth-order valence-corrected chi connectivity index (χ4v) is 2.17. The molecule has 0 fully saturated rings.